The Labute approximate surface area is 323 Å². The number of ether oxygens (including phenoxy) is 2. The number of carbonyl (C=O) groups excluding carboxylic acids is 1. The van der Waals surface area contributed by atoms with Gasteiger partial charge in [-0.1, -0.05) is 84.2 Å². The van der Waals surface area contributed by atoms with Gasteiger partial charge in [0, 0.05) is 77.8 Å². The van der Waals surface area contributed by atoms with E-state index < -0.39 is 5.79 Å². The van der Waals surface area contributed by atoms with Crippen LogP contribution in [0.25, 0.3) is 0 Å². The summed E-state index contributed by atoms with van der Waals surface area (Å²) in [5.74, 6) is -1.21. The minimum Gasteiger partial charge on any atom is -0.347 e. The van der Waals surface area contributed by atoms with Crippen molar-refractivity contribution in [1.82, 2.24) is 39.4 Å². The lowest BCUT2D eigenvalue weighted by atomic mass is 10.1. The summed E-state index contributed by atoms with van der Waals surface area (Å²) in [5, 5.41) is 6.49. The largest absolute Gasteiger partial charge is 0.347 e. The standard InChI is InChI=1S/C36H36Cl4N8O3.CH4/c37-27-5-1-3-25(11-27)15-47(16-26-4-2-6-28(38)12-26)35(49)45-10-9-31(18-45)46(17-30-14-41-22-43-30)19-32-20-50-36(51-32,21-48-24-42-23-44-48)33-8-7-29(39)13-34(33)40;/h1-8,11-14,22-24,31-32H,9-10,15-21H2,(H,41,43);1H4/t31-,32-,36-;/m0./s1. The van der Waals surface area contributed by atoms with E-state index in [-0.39, 0.29) is 32.1 Å². The maximum atomic E-state index is 14.3. The third-order valence-corrected chi connectivity index (χ3v) is 10.2. The fourth-order valence-corrected chi connectivity index (χ4v) is 7.78. The molecule has 1 N–H and O–H groups in total. The Morgan fingerprint density at radius 1 is 0.942 bits per heavy atom. The van der Waals surface area contributed by atoms with Crippen LogP contribution in [-0.2, 0) is 41.4 Å². The van der Waals surface area contributed by atoms with Gasteiger partial charge in [0.2, 0.25) is 5.79 Å². The molecule has 0 radical (unpaired) electrons. The molecule has 0 unspecified atom stereocenters. The van der Waals surface area contributed by atoms with Gasteiger partial charge in [-0.05, 0) is 53.9 Å². The van der Waals surface area contributed by atoms with E-state index in [0.29, 0.717) is 71.5 Å². The molecule has 4 heterocycles. The number of urea groups is 1. The number of carbonyl (C=O) groups is 1. The summed E-state index contributed by atoms with van der Waals surface area (Å²) in [6.45, 7) is 3.61. The molecule has 7 rings (SSSR count). The van der Waals surface area contributed by atoms with E-state index in [0.717, 1.165) is 23.2 Å². The zero-order chi connectivity index (χ0) is 35.4. The number of aromatic amines is 1. The fourth-order valence-electron chi connectivity index (χ4n) is 6.80. The highest BCUT2D eigenvalue weighted by molar-refractivity contribution is 6.35. The Morgan fingerprint density at radius 3 is 2.31 bits per heavy atom. The summed E-state index contributed by atoms with van der Waals surface area (Å²) < 4.78 is 14.9. The Kier molecular flexibility index (Phi) is 12.4. The van der Waals surface area contributed by atoms with E-state index in [2.05, 4.69) is 25.0 Å². The van der Waals surface area contributed by atoms with E-state index in [9.17, 15) is 4.79 Å². The number of nitrogens with one attached hydrogen (secondary N) is 1. The van der Waals surface area contributed by atoms with Crippen molar-refractivity contribution in [3.8, 4) is 0 Å². The van der Waals surface area contributed by atoms with Gasteiger partial charge in [-0.2, -0.15) is 5.10 Å². The molecule has 0 bridgehead atoms. The molecule has 2 aliphatic rings. The monoisotopic (exact) mass is 784 g/mol. The minimum atomic E-state index is -1.21. The minimum absolute atomic E-state index is 0. The van der Waals surface area contributed by atoms with Gasteiger partial charge in [-0.3, -0.25) is 4.90 Å². The van der Waals surface area contributed by atoms with E-state index in [4.69, 9.17) is 55.9 Å². The van der Waals surface area contributed by atoms with Gasteiger partial charge in [0.1, 0.15) is 19.2 Å². The van der Waals surface area contributed by atoms with Gasteiger partial charge in [0.05, 0.1) is 24.1 Å². The molecule has 2 aliphatic heterocycles. The molecule has 11 nitrogen and oxygen atoms in total. The van der Waals surface area contributed by atoms with E-state index in [1.807, 2.05) is 70.6 Å². The molecular formula is C37H40Cl4N8O3. The summed E-state index contributed by atoms with van der Waals surface area (Å²) in [7, 11) is 0. The second-order valence-electron chi connectivity index (χ2n) is 12.8. The van der Waals surface area contributed by atoms with Crippen LogP contribution in [0.1, 0.15) is 36.2 Å². The number of likely N-dealkylation sites (tertiary alicyclic amines) is 1. The number of hydrogen-bond donors (Lipinski definition) is 1. The van der Waals surface area contributed by atoms with Crippen molar-refractivity contribution >= 4 is 52.4 Å². The van der Waals surface area contributed by atoms with E-state index in [1.165, 1.54) is 6.33 Å². The van der Waals surface area contributed by atoms with E-state index in [1.54, 1.807) is 29.5 Å². The van der Waals surface area contributed by atoms with Crippen LogP contribution in [0.2, 0.25) is 20.1 Å². The van der Waals surface area contributed by atoms with Gasteiger partial charge >= 0.3 is 6.03 Å². The predicted molar refractivity (Wildman–Crippen MR) is 202 cm³/mol. The molecule has 52 heavy (non-hydrogen) atoms. The molecule has 2 amide bonds. The molecule has 5 aromatic rings. The van der Waals surface area contributed by atoms with Gasteiger partial charge < -0.3 is 24.3 Å². The number of rotatable bonds is 12. The smallest absolute Gasteiger partial charge is 0.320 e. The summed E-state index contributed by atoms with van der Waals surface area (Å²) in [4.78, 5) is 32.0. The number of hydrogen-bond acceptors (Lipinski definition) is 7. The summed E-state index contributed by atoms with van der Waals surface area (Å²) in [6, 6.07) is 20.5. The van der Waals surface area contributed by atoms with Crippen molar-refractivity contribution in [3.63, 3.8) is 0 Å². The molecular weight excluding hydrogens is 746 g/mol. The van der Waals surface area contributed by atoms with Crippen LogP contribution in [0, 0.1) is 0 Å². The van der Waals surface area contributed by atoms with E-state index >= 15 is 0 Å². The summed E-state index contributed by atoms with van der Waals surface area (Å²) in [5.41, 5.74) is 3.51. The molecule has 0 saturated carbocycles. The summed E-state index contributed by atoms with van der Waals surface area (Å²) in [6.07, 6.45) is 7.02. The number of aromatic nitrogens is 5. The first-order chi connectivity index (χ1) is 24.7. The molecule has 2 saturated heterocycles. The average Bonchev–Trinajstić information content (AvgIpc) is 3.94. The molecule has 15 heteroatoms. The molecule has 3 aromatic carbocycles. The molecule has 274 valence electrons. The molecule has 0 aliphatic carbocycles. The molecule has 3 atom stereocenters. The zero-order valence-electron chi connectivity index (χ0n) is 27.5. The normalized spacial score (nSPS) is 20.0. The number of nitrogens with zero attached hydrogens (tertiary/aromatic N) is 7. The average molecular weight is 787 g/mol. The third kappa shape index (κ3) is 9.09. The number of H-pyrrole nitrogens is 1. The fraction of sp³-hybridized carbons (Fsp3) is 0.351. The first kappa shape index (κ1) is 38.1. The molecule has 2 fully saturated rings. The number of amides is 2. The highest BCUT2D eigenvalue weighted by Crippen LogP contribution is 2.41. The highest BCUT2D eigenvalue weighted by atomic mass is 35.5. The Bertz CT molecular complexity index is 1880. The van der Waals surface area contributed by atoms with Crippen LogP contribution in [0.3, 0.4) is 0 Å². The Hall–Kier alpha value is -3.68. The van der Waals surface area contributed by atoms with Crippen molar-refractivity contribution in [2.45, 2.75) is 58.0 Å². The lowest BCUT2D eigenvalue weighted by Crippen LogP contribution is -2.46. The van der Waals surface area contributed by atoms with Crippen LogP contribution >= 0.6 is 46.4 Å². The van der Waals surface area contributed by atoms with Crippen LogP contribution in [0.4, 0.5) is 4.79 Å². The number of halogens is 4. The predicted octanol–water partition coefficient (Wildman–Crippen LogP) is 7.92. The second-order valence-corrected chi connectivity index (χ2v) is 14.5. The zero-order valence-corrected chi connectivity index (χ0v) is 30.6. The quantitative estimate of drug-likeness (QED) is 0.137. The maximum Gasteiger partial charge on any atom is 0.320 e. The van der Waals surface area contributed by atoms with Crippen molar-refractivity contribution in [2.75, 3.05) is 26.2 Å². The topological polar surface area (TPSA) is 105 Å². The van der Waals surface area contributed by atoms with Crippen LogP contribution in [0.5, 0.6) is 0 Å². The SMILES string of the molecule is C.O=C(N(Cc1cccc(Cl)c1)Cc1cccc(Cl)c1)N1CC[C@H](N(Cc2cnc[nH]2)C[C@H]2CO[C@](Cn3cncn3)(c3ccc(Cl)cc3Cl)O2)C1. The first-order valence-corrected chi connectivity index (χ1v) is 18.1. The van der Waals surface area contributed by atoms with Crippen LogP contribution in [-0.4, -0.2) is 83.9 Å². The van der Waals surface area contributed by atoms with Gasteiger partial charge in [0.25, 0.3) is 0 Å². The molecule has 0 spiro atoms. The van der Waals surface area contributed by atoms with Crippen molar-refractivity contribution < 1.29 is 14.3 Å². The molecule has 2 aromatic heterocycles. The second kappa shape index (κ2) is 17.0. The van der Waals surface area contributed by atoms with Crippen molar-refractivity contribution in [3.05, 3.63) is 134 Å². The highest BCUT2D eigenvalue weighted by Gasteiger charge is 2.46. The Balaban J connectivity index is 0.00000464. The lowest BCUT2D eigenvalue weighted by Gasteiger charge is -2.33. The number of benzene rings is 3. The van der Waals surface area contributed by atoms with Crippen LogP contribution < -0.4 is 0 Å². The number of imidazole rings is 1. The van der Waals surface area contributed by atoms with Crippen molar-refractivity contribution in [1.29, 1.82) is 0 Å². The van der Waals surface area contributed by atoms with Crippen LogP contribution in [0.15, 0.2) is 91.9 Å². The van der Waals surface area contributed by atoms with Gasteiger partial charge in [-0.25, -0.2) is 19.4 Å². The first-order valence-electron chi connectivity index (χ1n) is 16.6. The summed E-state index contributed by atoms with van der Waals surface area (Å²) >= 11 is 25.6. The van der Waals surface area contributed by atoms with Gasteiger partial charge in [0.15, 0.2) is 0 Å². The third-order valence-electron chi connectivity index (χ3n) is 9.15. The van der Waals surface area contributed by atoms with Crippen molar-refractivity contribution in [2.24, 2.45) is 0 Å². The van der Waals surface area contributed by atoms with Gasteiger partial charge in [-0.15, -0.1) is 0 Å². The maximum absolute atomic E-state index is 14.3. The Morgan fingerprint density at radius 2 is 1.67 bits per heavy atom. The lowest BCUT2D eigenvalue weighted by molar-refractivity contribution is -0.190.